The molecule has 0 bridgehead atoms. The van der Waals surface area contributed by atoms with Crippen molar-refractivity contribution in [3.8, 4) is 0 Å². The van der Waals surface area contributed by atoms with Crippen molar-refractivity contribution in [2.75, 3.05) is 6.54 Å². The summed E-state index contributed by atoms with van der Waals surface area (Å²) < 4.78 is 34.4. The van der Waals surface area contributed by atoms with Gasteiger partial charge in [-0.3, -0.25) is 14.4 Å². The molecule has 1 aromatic carbocycles. The van der Waals surface area contributed by atoms with Gasteiger partial charge in [0.2, 0.25) is 5.91 Å². The zero-order valence-electron chi connectivity index (χ0n) is 24.2. The van der Waals surface area contributed by atoms with Gasteiger partial charge in [-0.15, -0.1) is 0 Å². The zero-order valence-corrected chi connectivity index (χ0v) is 26.6. The molecular formula is C29H39BrN4O7S. The third-order valence-corrected chi connectivity index (χ3v) is 9.54. The van der Waals surface area contributed by atoms with Crippen LogP contribution in [0.3, 0.4) is 0 Å². The minimum Gasteiger partial charge on any atom is -0.436 e. The van der Waals surface area contributed by atoms with Crippen LogP contribution in [-0.2, 0) is 29.1 Å². The Balaban J connectivity index is 1.56. The highest BCUT2D eigenvalue weighted by molar-refractivity contribution is 9.10. The number of rotatable bonds is 4. The van der Waals surface area contributed by atoms with Gasteiger partial charge >= 0.3 is 6.09 Å². The molecule has 1 aliphatic carbocycles. The molecular weight excluding hydrogens is 628 g/mol. The number of fused-ring (bicyclic) bond motifs is 2. The molecule has 230 valence electrons. The van der Waals surface area contributed by atoms with Crippen molar-refractivity contribution in [1.29, 1.82) is 0 Å². The van der Waals surface area contributed by atoms with Gasteiger partial charge in [0.15, 0.2) is 6.10 Å². The van der Waals surface area contributed by atoms with Crippen molar-refractivity contribution in [3.05, 3.63) is 40.9 Å². The number of carbonyl (C=O) groups is 4. The van der Waals surface area contributed by atoms with E-state index in [1.165, 1.54) is 17.0 Å². The lowest BCUT2D eigenvalue weighted by atomic mass is 10.1. The van der Waals surface area contributed by atoms with Gasteiger partial charge in [-0.1, -0.05) is 34.5 Å². The molecule has 11 nitrogen and oxygen atoms in total. The van der Waals surface area contributed by atoms with E-state index in [0.717, 1.165) is 12.8 Å². The number of benzene rings is 1. The lowest BCUT2D eigenvalue weighted by Crippen LogP contribution is -2.57. The van der Waals surface area contributed by atoms with E-state index in [2.05, 4.69) is 31.3 Å². The van der Waals surface area contributed by atoms with Gasteiger partial charge in [-0.2, -0.15) is 0 Å². The van der Waals surface area contributed by atoms with Crippen molar-refractivity contribution in [2.45, 2.75) is 100 Å². The fraction of sp³-hybridized carbons (Fsp3) is 0.586. The summed E-state index contributed by atoms with van der Waals surface area (Å²) in [4.78, 5) is 54.7. The molecule has 13 heteroatoms. The summed E-state index contributed by atoms with van der Waals surface area (Å²) in [7, 11) is -4.19. The monoisotopic (exact) mass is 666 g/mol. The van der Waals surface area contributed by atoms with Gasteiger partial charge in [0.25, 0.3) is 21.8 Å². The maximum Gasteiger partial charge on any atom is 0.408 e. The van der Waals surface area contributed by atoms with Crippen molar-refractivity contribution < 1.29 is 32.3 Å². The van der Waals surface area contributed by atoms with Gasteiger partial charge in [0.05, 0.1) is 4.90 Å². The van der Waals surface area contributed by atoms with Crippen LogP contribution in [0, 0.1) is 5.92 Å². The van der Waals surface area contributed by atoms with E-state index in [4.69, 9.17) is 4.74 Å². The summed E-state index contributed by atoms with van der Waals surface area (Å²) in [5.74, 6) is -2.21. The Morgan fingerprint density at radius 1 is 1.07 bits per heavy atom. The Bertz CT molecular complexity index is 1340. The third-order valence-electron chi connectivity index (χ3n) is 7.66. The molecule has 0 radical (unpaired) electrons. The molecule has 1 aromatic rings. The molecule has 0 unspecified atom stereocenters. The van der Waals surface area contributed by atoms with Crippen molar-refractivity contribution >= 4 is 49.8 Å². The Morgan fingerprint density at radius 2 is 1.79 bits per heavy atom. The summed E-state index contributed by atoms with van der Waals surface area (Å²) in [6.45, 7) is 5.73. The number of carbonyl (C=O) groups excluding carboxylic acids is 4. The SMILES string of the molecule is CC(C)(C)NC(=O)O[C@H]1CCCCCC=C[C@@H]2C[C@@]2(C(=O)NS(=O)(=O)c2ccc(Br)cc2)NC(=O)[C@@H]2CCCN2C1=O. The quantitative estimate of drug-likeness (QED) is 0.416. The molecule has 4 rings (SSSR count). The fourth-order valence-corrected chi connectivity index (χ4v) is 6.69. The van der Waals surface area contributed by atoms with E-state index in [9.17, 15) is 27.6 Å². The van der Waals surface area contributed by atoms with Crippen LogP contribution < -0.4 is 15.4 Å². The highest BCUT2D eigenvalue weighted by Gasteiger charge is 2.61. The van der Waals surface area contributed by atoms with E-state index in [0.29, 0.717) is 43.1 Å². The number of hydrogen-bond donors (Lipinski definition) is 3. The first-order valence-corrected chi connectivity index (χ1v) is 16.6. The summed E-state index contributed by atoms with van der Waals surface area (Å²) in [5.41, 5.74) is -2.02. The average molecular weight is 668 g/mol. The van der Waals surface area contributed by atoms with E-state index >= 15 is 0 Å². The van der Waals surface area contributed by atoms with E-state index in [-0.39, 0.29) is 11.3 Å². The zero-order chi connectivity index (χ0) is 30.7. The molecule has 3 aliphatic rings. The second-order valence-electron chi connectivity index (χ2n) is 12.2. The number of allylic oxidation sites excluding steroid dienone is 1. The van der Waals surface area contributed by atoms with Crippen LogP contribution >= 0.6 is 15.9 Å². The van der Waals surface area contributed by atoms with Crippen molar-refractivity contribution in [1.82, 2.24) is 20.3 Å². The van der Waals surface area contributed by atoms with Gasteiger partial charge < -0.3 is 20.3 Å². The molecule has 0 spiro atoms. The van der Waals surface area contributed by atoms with Crippen LogP contribution in [0.15, 0.2) is 45.8 Å². The Hall–Kier alpha value is -2.93. The molecule has 2 aliphatic heterocycles. The number of ether oxygens (including phenoxy) is 1. The second kappa shape index (κ2) is 12.7. The van der Waals surface area contributed by atoms with Gasteiger partial charge in [0, 0.05) is 22.5 Å². The summed E-state index contributed by atoms with van der Waals surface area (Å²) >= 11 is 3.26. The maximum atomic E-state index is 13.7. The van der Waals surface area contributed by atoms with Crippen LogP contribution in [0.5, 0.6) is 0 Å². The fourth-order valence-electron chi connectivity index (χ4n) is 5.39. The average Bonchev–Trinajstić information content (AvgIpc) is 3.35. The van der Waals surface area contributed by atoms with Crippen LogP contribution in [0.1, 0.15) is 72.1 Å². The molecule has 3 N–H and O–H groups in total. The lowest BCUT2D eigenvalue weighted by Gasteiger charge is -2.30. The number of nitrogens with zero attached hydrogens (tertiary/aromatic N) is 1. The topological polar surface area (TPSA) is 151 Å². The molecule has 2 heterocycles. The van der Waals surface area contributed by atoms with Crippen molar-refractivity contribution in [3.63, 3.8) is 0 Å². The van der Waals surface area contributed by atoms with Gasteiger partial charge in [0.1, 0.15) is 11.6 Å². The number of sulfonamides is 1. The van der Waals surface area contributed by atoms with E-state index in [1.807, 2.05) is 32.9 Å². The normalized spacial score (nSPS) is 27.0. The molecule has 2 fully saturated rings. The first-order chi connectivity index (χ1) is 19.7. The summed E-state index contributed by atoms with van der Waals surface area (Å²) in [6.07, 6.45) is 6.49. The molecule has 4 amide bonds. The Morgan fingerprint density at radius 3 is 2.48 bits per heavy atom. The summed E-state index contributed by atoms with van der Waals surface area (Å²) in [6, 6.07) is 4.98. The number of hydrogen-bond acceptors (Lipinski definition) is 7. The maximum absolute atomic E-state index is 13.7. The standard InChI is InChI=1S/C29H39BrN4O7S/c1-28(2,3)32-27(38)41-23-12-8-6-4-5-7-10-19-18-29(19,31-24(35)22-11-9-17-34(22)25(23)36)26(37)33-42(39,40)21-15-13-20(30)14-16-21/h7,10,13-16,19,22-23H,4-6,8-9,11-12,17-18H2,1-3H3,(H,31,35)(H,32,38)(H,33,37)/t19-,22+,23+,29-/m1/s1. The second-order valence-corrected chi connectivity index (χ2v) is 14.8. The molecule has 42 heavy (non-hydrogen) atoms. The summed E-state index contributed by atoms with van der Waals surface area (Å²) in [5, 5.41) is 5.52. The lowest BCUT2D eigenvalue weighted by molar-refractivity contribution is -0.146. The van der Waals surface area contributed by atoms with Crippen LogP contribution in [0.25, 0.3) is 0 Å². The largest absolute Gasteiger partial charge is 0.436 e. The highest BCUT2D eigenvalue weighted by atomic mass is 79.9. The number of amides is 4. The predicted octanol–water partition coefficient (Wildman–Crippen LogP) is 3.53. The molecule has 4 atom stereocenters. The van der Waals surface area contributed by atoms with Crippen LogP contribution in [0.2, 0.25) is 0 Å². The molecule has 0 aromatic heterocycles. The minimum absolute atomic E-state index is 0.0826. The first kappa shape index (κ1) is 32.0. The van der Waals surface area contributed by atoms with E-state index < -0.39 is 63.0 Å². The molecule has 1 saturated heterocycles. The Kier molecular flexibility index (Phi) is 9.71. The predicted molar refractivity (Wildman–Crippen MR) is 159 cm³/mol. The minimum atomic E-state index is -4.19. The van der Waals surface area contributed by atoms with E-state index in [1.54, 1.807) is 12.1 Å². The van der Waals surface area contributed by atoms with Gasteiger partial charge in [-0.05, 0) is 90.0 Å². The number of nitrogens with one attached hydrogen (secondary N) is 3. The van der Waals surface area contributed by atoms with Crippen LogP contribution in [-0.4, -0.2) is 66.9 Å². The smallest absolute Gasteiger partial charge is 0.408 e. The molecule has 1 saturated carbocycles. The highest BCUT2D eigenvalue weighted by Crippen LogP contribution is 2.45. The Labute approximate surface area is 255 Å². The van der Waals surface area contributed by atoms with Gasteiger partial charge in [-0.25, -0.2) is 17.9 Å². The number of halogens is 1. The number of alkyl carbamates (subject to hydrolysis) is 1. The first-order valence-electron chi connectivity index (χ1n) is 14.3. The van der Waals surface area contributed by atoms with Crippen molar-refractivity contribution in [2.24, 2.45) is 5.92 Å². The third kappa shape index (κ3) is 7.71. The van der Waals surface area contributed by atoms with Crippen LogP contribution in [0.4, 0.5) is 4.79 Å².